The standard InChI is InChI=1S/C54H38F3N3/c1-37-15-11-13-23-50(37)58(42-18-7-3-8-19-42)46-31-32-47-48-34-40-27-30-45(59(43-20-9-4-10-21-43)51-24-14-12-22-49(51)54(55,56)57)33-41(40)35-52(48)60(53(47)36-46)44-28-25-39(26-29-44)38-16-5-2-6-17-38/h2-36H,1H3. The van der Waals surface area contributed by atoms with Gasteiger partial charge in [0.2, 0.25) is 0 Å². The maximum Gasteiger partial charge on any atom is 0.418 e. The fraction of sp³-hybridized carbons (Fsp3) is 0.0370. The Morgan fingerprint density at radius 2 is 0.933 bits per heavy atom. The Bertz CT molecular complexity index is 3140. The lowest BCUT2D eigenvalue weighted by Gasteiger charge is -2.28. The molecule has 0 aliphatic rings. The van der Waals surface area contributed by atoms with E-state index in [-0.39, 0.29) is 5.69 Å². The Morgan fingerprint density at radius 3 is 1.60 bits per heavy atom. The summed E-state index contributed by atoms with van der Waals surface area (Å²) in [6, 6.07) is 69.8. The number of hydrogen-bond acceptors (Lipinski definition) is 2. The van der Waals surface area contributed by atoms with Gasteiger partial charge in [-0.25, -0.2) is 0 Å². The van der Waals surface area contributed by atoms with Crippen LogP contribution in [0.1, 0.15) is 11.1 Å². The molecule has 0 radical (unpaired) electrons. The molecule has 1 heterocycles. The summed E-state index contributed by atoms with van der Waals surface area (Å²) in [4.78, 5) is 4.00. The van der Waals surface area contributed by atoms with Crippen molar-refractivity contribution in [1.82, 2.24) is 4.57 Å². The Balaban J connectivity index is 1.21. The molecular weight excluding hydrogens is 748 g/mol. The van der Waals surface area contributed by atoms with E-state index >= 15 is 0 Å². The van der Waals surface area contributed by atoms with Gasteiger partial charge in [0, 0.05) is 44.9 Å². The number of benzene rings is 9. The van der Waals surface area contributed by atoms with Gasteiger partial charge in [-0.3, -0.25) is 0 Å². The number of hydrogen-bond donors (Lipinski definition) is 0. The largest absolute Gasteiger partial charge is 0.418 e. The number of aromatic nitrogens is 1. The van der Waals surface area contributed by atoms with Gasteiger partial charge in [0.15, 0.2) is 0 Å². The van der Waals surface area contributed by atoms with E-state index in [0.717, 1.165) is 78.1 Å². The average Bonchev–Trinajstić information content (AvgIpc) is 3.59. The minimum absolute atomic E-state index is 0.0633. The lowest BCUT2D eigenvalue weighted by Crippen LogP contribution is -2.16. The molecule has 0 N–H and O–H groups in total. The van der Waals surface area contributed by atoms with Gasteiger partial charge in [0.1, 0.15) is 0 Å². The monoisotopic (exact) mass is 785 g/mol. The van der Waals surface area contributed by atoms with Crippen molar-refractivity contribution in [1.29, 1.82) is 0 Å². The molecule has 0 atom stereocenters. The summed E-state index contributed by atoms with van der Waals surface area (Å²) >= 11 is 0. The zero-order valence-corrected chi connectivity index (χ0v) is 32.7. The van der Waals surface area contributed by atoms with Crippen LogP contribution >= 0.6 is 0 Å². The number of aryl methyl sites for hydroxylation is 1. The van der Waals surface area contributed by atoms with Crippen LogP contribution in [0.25, 0.3) is 49.4 Å². The quantitative estimate of drug-likeness (QED) is 0.152. The van der Waals surface area contributed by atoms with E-state index in [4.69, 9.17) is 0 Å². The molecule has 10 rings (SSSR count). The third-order valence-corrected chi connectivity index (χ3v) is 11.3. The van der Waals surface area contributed by atoms with Gasteiger partial charge in [0.05, 0.1) is 22.3 Å². The normalized spacial score (nSPS) is 11.7. The first kappa shape index (κ1) is 36.7. The van der Waals surface area contributed by atoms with Gasteiger partial charge in [-0.15, -0.1) is 0 Å². The van der Waals surface area contributed by atoms with Gasteiger partial charge in [0.25, 0.3) is 0 Å². The van der Waals surface area contributed by atoms with Crippen LogP contribution in [0, 0.1) is 6.92 Å². The van der Waals surface area contributed by atoms with Crippen LogP contribution in [0.3, 0.4) is 0 Å². The highest BCUT2D eigenvalue weighted by Gasteiger charge is 2.35. The summed E-state index contributed by atoms with van der Waals surface area (Å²) in [6.45, 7) is 2.13. The van der Waals surface area contributed by atoms with Crippen molar-refractivity contribution in [2.75, 3.05) is 9.80 Å². The third-order valence-electron chi connectivity index (χ3n) is 11.3. The Kier molecular flexibility index (Phi) is 9.18. The SMILES string of the molecule is Cc1ccccc1N(c1ccccc1)c1ccc2c3cc4ccc(N(c5ccccc5)c5ccccc5C(F)(F)F)cc4cc3n(-c3ccc(-c4ccccc4)cc3)c2c1. The fourth-order valence-electron chi connectivity index (χ4n) is 8.46. The van der Waals surface area contributed by atoms with Crippen molar-refractivity contribution in [3.05, 3.63) is 223 Å². The minimum atomic E-state index is -4.54. The summed E-state index contributed by atoms with van der Waals surface area (Å²) in [7, 11) is 0. The van der Waals surface area contributed by atoms with Gasteiger partial charge in [-0.2, -0.15) is 13.2 Å². The van der Waals surface area contributed by atoms with Crippen LogP contribution in [-0.2, 0) is 6.18 Å². The van der Waals surface area contributed by atoms with Crippen molar-refractivity contribution in [2.24, 2.45) is 0 Å². The highest BCUT2D eigenvalue weighted by atomic mass is 19.4. The highest BCUT2D eigenvalue weighted by Crippen LogP contribution is 2.45. The van der Waals surface area contributed by atoms with Crippen LogP contribution < -0.4 is 9.80 Å². The predicted octanol–water partition coefficient (Wildman–Crippen LogP) is 15.9. The number of fused-ring (bicyclic) bond motifs is 4. The van der Waals surface area contributed by atoms with E-state index in [1.165, 1.54) is 12.1 Å². The minimum Gasteiger partial charge on any atom is -0.310 e. The van der Waals surface area contributed by atoms with Gasteiger partial charge in [-0.1, -0.05) is 121 Å². The molecule has 6 heteroatoms. The van der Waals surface area contributed by atoms with Crippen LogP contribution in [0.15, 0.2) is 212 Å². The molecule has 0 bridgehead atoms. The van der Waals surface area contributed by atoms with E-state index in [1.807, 2.05) is 72.8 Å². The van der Waals surface area contributed by atoms with Gasteiger partial charge in [-0.05, 0) is 125 Å². The lowest BCUT2D eigenvalue weighted by atomic mass is 10.0. The number of anilines is 6. The second-order valence-corrected chi connectivity index (χ2v) is 15.0. The van der Waals surface area contributed by atoms with E-state index in [1.54, 1.807) is 11.0 Å². The Labute approximate surface area is 346 Å². The Morgan fingerprint density at radius 1 is 0.400 bits per heavy atom. The van der Waals surface area contributed by atoms with Gasteiger partial charge >= 0.3 is 6.18 Å². The fourth-order valence-corrected chi connectivity index (χ4v) is 8.46. The first-order valence-electron chi connectivity index (χ1n) is 19.9. The smallest absolute Gasteiger partial charge is 0.310 e. The first-order chi connectivity index (χ1) is 29.3. The van der Waals surface area contributed by atoms with Crippen molar-refractivity contribution in [3.63, 3.8) is 0 Å². The molecule has 0 fully saturated rings. The number of para-hydroxylation sites is 4. The number of rotatable bonds is 8. The summed E-state index contributed by atoms with van der Waals surface area (Å²) in [5, 5.41) is 4.06. The number of nitrogens with zero attached hydrogens (tertiary/aromatic N) is 3. The van der Waals surface area contributed by atoms with Crippen molar-refractivity contribution < 1.29 is 13.2 Å². The molecule has 0 saturated carbocycles. The van der Waals surface area contributed by atoms with Crippen LogP contribution in [0.2, 0.25) is 0 Å². The molecule has 1 aromatic heterocycles. The molecule has 3 nitrogen and oxygen atoms in total. The molecule has 0 aliphatic carbocycles. The van der Waals surface area contributed by atoms with E-state index in [2.05, 4.69) is 132 Å². The molecular formula is C54H38F3N3. The van der Waals surface area contributed by atoms with Crippen molar-refractivity contribution >= 4 is 66.7 Å². The van der Waals surface area contributed by atoms with E-state index in [0.29, 0.717) is 11.4 Å². The molecule has 9 aromatic carbocycles. The number of alkyl halides is 3. The zero-order valence-electron chi connectivity index (χ0n) is 32.7. The lowest BCUT2D eigenvalue weighted by molar-refractivity contribution is -0.137. The molecule has 0 unspecified atom stereocenters. The third kappa shape index (κ3) is 6.62. The summed E-state index contributed by atoms with van der Waals surface area (Å²) in [6.07, 6.45) is -4.54. The molecule has 10 aromatic rings. The molecule has 60 heavy (non-hydrogen) atoms. The maximum absolute atomic E-state index is 14.6. The summed E-state index contributed by atoms with van der Waals surface area (Å²) in [5.41, 5.74) is 10.2. The van der Waals surface area contributed by atoms with Crippen LogP contribution in [-0.4, -0.2) is 4.57 Å². The van der Waals surface area contributed by atoms with Crippen LogP contribution in [0.5, 0.6) is 0 Å². The maximum atomic E-state index is 14.6. The first-order valence-corrected chi connectivity index (χ1v) is 19.9. The van der Waals surface area contributed by atoms with E-state index in [9.17, 15) is 13.2 Å². The van der Waals surface area contributed by atoms with Crippen molar-refractivity contribution in [3.8, 4) is 16.8 Å². The molecule has 0 spiro atoms. The molecule has 0 aliphatic heterocycles. The summed E-state index contributed by atoms with van der Waals surface area (Å²) < 4.78 is 46.0. The topological polar surface area (TPSA) is 11.4 Å². The average molecular weight is 786 g/mol. The van der Waals surface area contributed by atoms with E-state index < -0.39 is 11.7 Å². The van der Waals surface area contributed by atoms with Crippen LogP contribution in [0.4, 0.5) is 47.3 Å². The summed E-state index contributed by atoms with van der Waals surface area (Å²) in [5.74, 6) is 0. The van der Waals surface area contributed by atoms with Crippen molar-refractivity contribution in [2.45, 2.75) is 13.1 Å². The zero-order chi connectivity index (χ0) is 40.8. The molecule has 290 valence electrons. The molecule has 0 amide bonds. The second kappa shape index (κ2) is 15.0. The van der Waals surface area contributed by atoms with Gasteiger partial charge < -0.3 is 14.4 Å². The Hall–Kier alpha value is -7.57. The predicted molar refractivity (Wildman–Crippen MR) is 243 cm³/mol. The number of halogens is 3. The highest BCUT2D eigenvalue weighted by molar-refractivity contribution is 6.15. The second-order valence-electron chi connectivity index (χ2n) is 15.0. The molecule has 0 saturated heterocycles.